The molecule has 0 spiro atoms. The maximum Gasteiger partial charge on any atom is 0.0672 e. The molecule has 2 nitrogen and oxygen atoms in total. The lowest BCUT2D eigenvalue weighted by Crippen LogP contribution is -2.33. The maximum absolute atomic E-state index is 9.15. The van der Waals surface area contributed by atoms with Crippen molar-refractivity contribution in [2.75, 3.05) is 0 Å². The van der Waals surface area contributed by atoms with Gasteiger partial charge in [0.25, 0.3) is 0 Å². The van der Waals surface area contributed by atoms with E-state index in [2.05, 4.69) is 49.5 Å². The summed E-state index contributed by atoms with van der Waals surface area (Å²) < 4.78 is 0. The summed E-state index contributed by atoms with van der Waals surface area (Å²) in [4.78, 5) is 0. The van der Waals surface area contributed by atoms with Gasteiger partial charge in [0.05, 0.1) is 12.0 Å². The van der Waals surface area contributed by atoms with Gasteiger partial charge < -0.3 is 5.32 Å². The quantitative estimate of drug-likeness (QED) is 0.833. The third-order valence-electron chi connectivity index (χ3n) is 4.44. The number of hydrogen-bond acceptors (Lipinski definition) is 2. The van der Waals surface area contributed by atoms with Gasteiger partial charge in [-0.15, -0.1) is 0 Å². The Morgan fingerprint density at radius 2 is 2.05 bits per heavy atom. The van der Waals surface area contributed by atoms with Crippen LogP contribution in [0.5, 0.6) is 0 Å². The van der Waals surface area contributed by atoms with E-state index in [9.17, 15) is 0 Å². The van der Waals surface area contributed by atoms with Gasteiger partial charge in [0, 0.05) is 12.1 Å². The third kappa shape index (κ3) is 3.84. The monoisotopic (exact) mass is 270 g/mol. The molecule has 0 heterocycles. The Morgan fingerprint density at radius 1 is 1.30 bits per heavy atom. The van der Waals surface area contributed by atoms with Crippen LogP contribution in [-0.2, 0) is 6.42 Å². The molecule has 2 heteroatoms. The molecule has 1 aromatic carbocycles. The summed E-state index contributed by atoms with van der Waals surface area (Å²) in [5.74, 6) is 0.196. The minimum atomic E-state index is 0.196. The molecule has 1 N–H and O–H groups in total. The summed E-state index contributed by atoms with van der Waals surface area (Å²) in [5.41, 5.74) is 2.76. The zero-order valence-electron chi connectivity index (χ0n) is 12.7. The van der Waals surface area contributed by atoms with E-state index in [4.69, 9.17) is 5.26 Å². The van der Waals surface area contributed by atoms with Gasteiger partial charge in [-0.25, -0.2) is 0 Å². The summed E-state index contributed by atoms with van der Waals surface area (Å²) in [5, 5.41) is 12.8. The van der Waals surface area contributed by atoms with E-state index in [0.29, 0.717) is 12.1 Å². The lowest BCUT2D eigenvalue weighted by molar-refractivity contribution is 0.417. The average molecular weight is 270 g/mol. The van der Waals surface area contributed by atoms with Gasteiger partial charge in [0.1, 0.15) is 0 Å². The van der Waals surface area contributed by atoms with Crippen LogP contribution in [0.15, 0.2) is 24.3 Å². The lowest BCUT2D eigenvalue weighted by atomic mass is 10.0. The molecule has 0 bridgehead atoms. The van der Waals surface area contributed by atoms with Crippen molar-refractivity contribution in [3.8, 4) is 6.07 Å². The SMILES string of the molecule is CCCCc1ccc(C(C)NC2CCCC2C#N)cc1. The molecule has 0 aromatic heterocycles. The van der Waals surface area contributed by atoms with E-state index in [0.717, 1.165) is 12.8 Å². The van der Waals surface area contributed by atoms with Crippen molar-refractivity contribution >= 4 is 0 Å². The Bertz CT molecular complexity index is 443. The van der Waals surface area contributed by atoms with Crippen LogP contribution in [0.1, 0.15) is 63.1 Å². The van der Waals surface area contributed by atoms with Crippen LogP contribution in [0, 0.1) is 17.2 Å². The fourth-order valence-corrected chi connectivity index (χ4v) is 3.09. The number of aryl methyl sites for hydroxylation is 1. The Kier molecular flexibility index (Phi) is 5.61. The van der Waals surface area contributed by atoms with Crippen LogP contribution in [-0.4, -0.2) is 6.04 Å². The Hall–Kier alpha value is -1.33. The summed E-state index contributed by atoms with van der Waals surface area (Å²) in [6, 6.07) is 12.1. The molecule has 0 saturated heterocycles. The van der Waals surface area contributed by atoms with Gasteiger partial charge in [-0.05, 0) is 43.7 Å². The minimum absolute atomic E-state index is 0.196. The molecular weight excluding hydrogens is 244 g/mol. The number of hydrogen-bond donors (Lipinski definition) is 1. The largest absolute Gasteiger partial charge is 0.306 e. The molecule has 1 aliphatic rings. The summed E-state index contributed by atoms with van der Waals surface area (Å²) in [6.45, 7) is 4.43. The number of unbranched alkanes of at least 4 members (excludes halogenated alkanes) is 1. The molecule has 1 aromatic rings. The van der Waals surface area contributed by atoms with Crippen LogP contribution in [0.3, 0.4) is 0 Å². The normalized spacial score (nSPS) is 23.4. The molecular formula is C18H26N2. The van der Waals surface area contributed by atoms with Gasteiger partial charge in [-0.2, -0.15) is 5.26 Å². The first-order valence-corrected chi connectivity index (χ1v) is 7.99. The number of nitriles is 1. The van der Waals surface area contributed by atoms with Gasteiger partial charge in [0.2, 0.25) is 0 Å². The predicted molar refractivity (Wildman–Crippen MR) is 83.3 cm³/mol. The van der Waals surface area contributed by atoms with Crippen LogP contribution in [0.2, 0.25) is 0 Å². The summed E-state index contributed by atoms with van der Waals surface area (Å²) in [7, 11) is 0. The highest BCUT2D eigenvalue weighted by Gasteiger charge is 2.28. The van der Waals surface area contributed by atoms with Gasteiger partial charge >= 0.3 is 0 Å². The first kappa shape index (κ1) is 15.1. The van der Waals surface area contributed by atoms with E-state index >= 15 is 0 Å². The highest BCUT2D eigenvalue weighted by molar-refractivity contribution is 5.25. The Morgan fingerprint density at radius 3 is 2.70 bits per heavy atom. The van der Waals surface area contributed by atoms with Crippen LogP contribution < -0.4 is 5.32 Å². The molecule has 3 atom stereocenters. The van der Waals surface area contributed by atoms with E-state index in [1.165, 1.54) is 36.8 Å². The highest BCUT2D eigenvalue weighted by Crippen LogP contribution is 2.27. The molecule has 108 valence electrons. The number of rotatable bonds is 6. The van der Waals surface area contributed by atoms with Crippen molar-refractivity contribution in [2.24, 2.45) is 5.92 Å². The molecule has 2 rings (SSSR count). The smallest absolute Gasteiger partial charge is 0.0672 e. The Labute approximate surface area is 123 Å². The van der Waals surface area contributed by atoms with Crippen LogP contribution >= 0.6 is 0 Å². The third-order valence-corrected chi connectivity index (χ3v) is 4.44. The van der Waals surface area contributed by atoms with Crippen molar-refractivity contribution in [3.63, 3.8) is 0 Å². The molecule has 1 fully saturated rings. The summed E-state index contributed by atoms with van der Waals surface area (Å²) >= 11 is 0. The van der Waals surface area contributed by atoms with Crippen molar-refractivity contribution in [2.45, 2.75) is 64.5 Å². The molecule has 1 saturated carbocycles. The topological polar surface area (TPSA) is 35.8 Å². The predicted octanol–water partition coefficient (Wildman–Crippen LogP) is 4.37. The second-order valence-electron chi connectivity index (χ2n) is 6.01. The molecule has 0 aliphatic heterocycles. The van der Waals surface area contributed by atoms with Crippen LogP contribution in [0.4, 0.5) is 0 Å². The first-order valence-electron chi connectivity index (χ1n) is 7.99. The van der Waals surface area contributed by atoms with Gasteiger partial charge in [-0.3, -0.25) is 0 Å². The molecule has 20 heavy (non-hydrogen) atoms. The summed E-state index contributed by atoms with van der Waals surface area (Å²) in [6.07, 6.45) is 7.06. The fourth-order valence-electron chi connectivity index (χ4n) is 3.09. The van der Waals surface area contributed by atoms with Crippen molar-refractivity contribution in [1.82, 2.24) is 5.32 Å². The Balaban J connectivity index is 1.92. The van der Waals surface area contributed by atoms with E-state index in [1.807, 2.05) is 0 Å². The standard InChI is InChI=1S/C18H26N2/c1-3-4-6-15-9-11-16(12-10-15)14(2)20-18-8-5-7-17(18)13-19/h9-12,14,17-18,20H,3-8H2,1-2H3. The maximum atomic E-state index is 9.15. The zero-order chi connectivity index (χ0) is 14.4. The molecule has 0 radical (unpaired) electrons. The average Bonchev–Trinajstić information content (AvgIpc) is 2.92. The van der Waals surface area contributed by atoms with Crippen molar-refractivity contribution in [1.29, 1.82) is 5.26 Å². The van der Waals surface area contributed by atoms with E-state index < -0.39 is 0 Å². The second kappa shape index (κ2) is 7.45. The molecule has 1 aliphatic carbocycles. The molecule has 3 unspecified atom stereocenters. The number of benzene rings is 1. The van der Waals surface area contributed by atoms with E-state index in [-0.39, 0.29) is 5.92 Å². The van der Waals surface area contributed by atoms with Crippen LogP contribution in [0.25, 0.3) is 0 Å². The second-order valence-corrected chi connectivity index (χ2v) is 6.01. The zero-order valence-corrected chi connectivity index (χ0v) is 12.7. The van der Waals surface area contributed by atoms with Crippen molar-refractivity contribution in [3.05, 3.63) is 35.4 Å². The van der Waals surface area contributed by atoms with Gasteiger partial charge in [-0.1, -0.05) is 44.0 Å². The van der Waals surface area contributed by atoms with E-state index in [1.54, 1.807) is 0 Å². The number of nitrogens with zero attached hydrogens (tertiary/aromatic N) is 1. The van der Waals surface area contributed by atoms with Crippen molar-refractivity contribution < 1.29 is 0 Å². The minimum Gasteiger partial charge on any atom is -0.306 e. The fraction of sp³-hybridized carbons (Fsp3) is 0.611. The molecule has 0 amide bonds. The van der Waals surface area contributed by atoms with Gasteiger partial charge in [0.15, 0.2) is 0 Å². The lowest BCUT2D eigenvalue weighted by Gasteiger charge is -2.22. The highest BCUT2D eigenvalue weighted by atomic mass is 15.0. The number of nitrogens with one attached hydrogen (secondary N) is 1. The first-order chi connectivity index (χ1) is 9.74.